The molecule has 114 valence electrons. The maximum atomic E-state index is 12.0. The van der Waals surface area contributed by atoms with Crippen LogP contribution in [0.15, 0.2) is 53.1 Å². The fourth-order valence-electron chi connectivity index (χ4n) is 2.35. The Labute approximate surface area is 128 Å². The third kappa shape index (κ3) is 3.19. The van der Waals surface area contributed by atoms with E-state index in [9.17, 15) is 9.59 Å². The number of ether oxygens (including phenoxy) is 1. The first-order valence-corrected chi connectivity index (χ1v) is 7.25. The highest BCUT2D eigenvalue weighted by Crippen LogP contribution is 2.48. The van der Waals surface area contributed by atoms with Gasteiger partial charge in [-0.05, 0) is 37.6 Å². The molecule has 1 N–H and O–H groups in total. The molecule has 0 saturated heterocycles. The maximum absolute atomic E-state index is 12.0. The topological polar surface area (TPSA) is 68.5 Å². The summed E-state index contributed by atoms with van der Waals surface area (Å²) in [6.07, 6.45) is 1.47. The number of rotatable bonds is 5. The van der Waals surface area contributed by atoms with E-state index in [-0.39, 0.29) is 23.7 Å². The highest BCUT2D eigenvalue weighted by atomic mass is 16.5. The van der Waals surface area contributed by atoms with E-state index in [4.69, 9.17) is 9.15 Å². The first-order valence-electron chi connectivity index (χ1n) is 7.25. The minimum absolute atomic E-state index is 0.0758. The van der Waals surface area contributed by atoms with Crippen molar-refractivity contribution in [2.75, 3.05) is 5.32 Å². The molecule has 1 aliphatic carbocycles. The summed E-state index contributed by atoms with van der Waals surface area (Å²) < 4.78 is 10.5. The molecular weight excluding hydrogens is 282 g/mol. The summed E-state index contributed by atoms with van der Waals surface area (Å²) in [5.41, 5.74) is 0.676. The molecule has 5 heteroatoms. The van der Waals surface area contributed by atoms with Gasteiger partial charge in [0.2, 0.25) is 0 Å². The Balaban J connectivity index is 1.50. The molecule has 1 amide bonds. The lowest BCUT2D eigenvalue weighted by atomic mass is 10.2. The summed E-state index contributed by atoms with van der Waals surface area (Å²) in [4.78, 5) is 24.0. The number of para-hydroxylation sites is 1. The summed E-state index contributed by atoms with van der Waals surface area (Å²) in [6.45, 7) is 1.57. The minimum atomic E-state index is -0.828. The Morgan fingerprint density at radius 1 is 1.23 bits per heavy atom. The Morgan fingerprint density at radius 2 is 2.00 bits per heavy atom. The van der Waals surface area contributed by atoms with Crippen LogP contribution in [0.1, 0.15) is 25.0 Å². The summed E-state index contributed by atoms with van der Waals surface area (Å²) in [5, 5.41) is 2.71. The number of hydrogen-bond donors (Lipinski definition) is 1. The van der Waals surface area contributed by atoms with Crippen molar-refractivity contribution in [3.8, 4) is 0 Å². The van der Waals surface area contributed by atoms with Gasteiger partial charge in [0.25, 0.3) is 5.91 Å². The average molecular weight is 299 g/mol. The zero-order valence-electron chi connectivity index (χ0n) is 12.2. The number of benzene rings is 1. The third-order valence-electron chi connectivity index (χ3n) is 3.71. The van der Waals surface area contributed by atoms with Crippen LogP contribution in [0.3, 0.4) is 0 Å². The third-order valence-corrected chi connectivity index (χ3v) is 3.71. The van der Waals surface area contributed by atoms with Gasteiger partial charge in [-0.25, -0.2) is 0 Å². The zero-order chi connectivity index (χ0) is 15.5. The van der Waals surface area contributed by atoms with Gasteiger partial charge < -0.3 is 14.5 Å². The summed E-state index contributed by atoms with van der Waals surface area (Å²) in [5.74, 6) is -0.0276. The van der Waals surface area contributed by atoms with Crippen molar-refractivity contribution in [3.05, 3.63) is 54.5 Å². The standard InChI is InChI=1S/C17H17NO4/c1-11(16(19)18-12-6-3-2-4-7-12)22-17(20)14-10-13(14)15-8-5-9-21-15/h2-9,11,13-14H,10H2,1H3,(H,18,19). The molecule has 22 heavy (non-hydrogen) atoms. The molecule has 3 unspecified atom stereocenters. The van der Waals surface area contributed by atoms with E-state index in [1.54, 1.807) is 31.4 Å². The molecule has 0 radical (unpaired) electrons. The highest BCUT2D eigenvalue weighted by Gasteiger charge is 2.47. The largest absolute Gasteiger partial charge is 0.469 e. The van der Waals surface area contributed by atoms with Crippen LogP contribution in [-0.4, -0.2) is 18.0 Å². The molecule has 3 rings (SSSR count). The van der Waals surface area contributed by atoms with Gasteiger partial charge in [-0.1, -0.05) is 18.2 Å². The molecule has 1 aromatic carbocycles. The molecule has 0 bridgehead atoms. The van der Waals surface area contributed by atoms with Crippen LogP contribution in [-0.2, 0) is 14.3 Å². The minimum Gasteiger partial charge on any atom is -0.469 e. The van der Waals surface area contributed by atoms with Crippen molar-refractivity contribution in [2.45, 2.75) is 25.4 Å². The monoisotopic (exact) mass is 299 g/mol. The number of carbonyl (C=O) groups excluding carboxylic acids is 2. The van der Waals surface area contributed by atoms with Crippen LogP contribution in [0.4, 0.5) is 5.69 Å². The van der Waals surface area contributed by atoms with Gasteiger partial charge in [0.15, 0.2) is 6.10 Å². The fraction of sp³-hybridized carbons (Fsp3) is 0.294. The van der Waals surface area contributed by atoms with Crippen LogP contribution >= 0.6 is 0 Å². The van der Waals surface area contributed by atoms with Crippen LogP contribution in [0, 0.1) is 5.92 Å². The van der Waals surface area contributed by atoms with Gasteiger partial charge in [0, 0.05) is 11.6 Å². The SMILES string of the molecule is CC(OC(=O)C1CC1c1ccco1)C(=O)Nc1ccccc1. The van der Waals surface area contributed by atoms with Crippen LogP contribution < -0.4 is 5.32 Å². The van der Waals surface area contributed by atoms with Gasteiger partial charge in [0.1, 0.15) is 5.76 Å². The zero-order valence-corrected chi connectivity index (χ0v) is 12.2. The van der Waals surface area contributed by atoms with E-state index in [0.29, 0.717) is 12.1 Å². The molecule has 3 atom stereocenters. The fourth-order valence-corrected chi connectivity index (χ4v) is 2.35. The Kier molecular flexibility index (Phi) is 3.96. The highest BCUT2D eigenvalue weighted by molar-refractivity contribution is 5.95. The molecule has 0 spiro atoms. The summed E-state index contributed by atoms with van der Waals surface area (Å²) in [6, 6.07) is 12.7. The molecule has 1 aromatic heterocycles. The molecular formula is C17H17NO4. The van der Waals surface area contributed by atoms with E-state index in [1.165, 1.54) is 0 Å². The van der Waals surface area contributed by atoms with Gasteiger partial charge in [0.05, 0.1) is 12.2 Å². The van der Waals surface area contributed by atoms with Crippen LogP contribution in [0.5, 0.6) is 0 Å². The Bertz CT molecular complexity index is 651. The number of anilines is 1. The normalized spacial score (nSPS) is 21.0. The molecule has 1 fully saturated rings. The number of carbonyl (C=O) groups is 2. The Morgan fingerprint density at radius 3 is 2.68 bits per heavy atom. The van der Waals surface area contributed by atoms with E-state index < -0.39 is 6.10 Å². The van der Waals surface area contributed by atoms with E-state index in [0.717, 1.165) is 5.76 Å². The Hall–Kier alpha value is -2.56. The van der Waals surface area contributed by atoms with Gasteiger partial charge in [-0.3, -0.25) is 9.59 Å². The predicted octanol–water partition coefficient (Wildman–Crippen LogP) is 2.95. The lowest BCUT2D eigenvalue weighted by molar-refractivity contribution is -0.154. The molecule has 5 nitrogen and oxygen atoms in total. The second-order valence-electron chi connectivity index (χ2n) is 5.40. The number of furan rings is 1. The second-order valence-corrected chi connectivity index (χ2v) is 5.40. The lowest BCUT2D eigenvalue weighted by Crippen LogP contribution is -2.30. The number of nitrogens with one attached hydrogen (secondary N) is 1. The first-order chi connectivity index (χ1) is 10.6. The van der Waals surface area contributed by atoms with Crippen molar-refractivity contribution in [2.24, 2.45) is 5.92 Å². The van der Waals surface area contributed by atoms with E-state index in [1.807, 2.05) is 24.3 Å². The molecule has 0 aliphatic heterocycles. The summed E-state index contributed by atoms with van der Waals surface area (Å²) in [7, 11) is 0. The number of amides is 1. The quantitative estimate of drug-likeness (QED) is 0.862. The first kappa shape index (κ1) is 14.4. The van der Waals surface area contributed by atoms with Crippen molar-refractivity contribution in [1.82, 2.24) is 0 Å². The maximum Gasteiger partial charge on any atom is 0.310 e. The van der Waals surface area contributed by atoms with Crippen molar-refractivity contribution >= 4 is 17.6 Å². The van der Waals surface area contributed by atoms with Gasteiger partial charge in [-0.15, -0.1) is 0 Å². The van der Waals surface area contributed by atoms with Gasteiger partial charge >= 0.3 is 5.97 Å². The lowest BCUT2D eigenvalue weighted by Gasteiger charge is -2.13. The van der Waals surface area contributed by atoms with E-state index in [2.05, 4.69) is 5.32 Å². The van der Waals surface area contributed by atoms with Crippen LogP contribution in [0.2, 0.25) is 0 Å². The van der Waals surface area contributed by atoms with Gasteiger partial charge in [-0.2, -0.15) is 0 Å². The molecule has 2 aromatic rings. The molecule has 1 heterocycles. The average Bonchev–Trinajstić information content (AvgIpc) is 3.14. The molecule has 1 saturated carbocycles. The van der Waals surface area contributed by atoms with Crippen LogP contribution in [0.25, 0.3) is 0 Å². The van der Waals surface area contributed by atoms with Crippen molar-refractivity contribution in [1.29, 1.82) is 0 Å². The smallest absolute Gasteiger partial charge is 0.310 e. The number of esters is 1. The predicted molar refractivity (Wildman–Crippen MR) is 80.2 cm³/mol. The van der Waals surface area contributed by atoms with Crippen molar-refractivity contribution < 1.29 is 18.7 Å². The molecule has 1 aliphatic rings. The number of hydrogen-bond acceptors (Lipinski definition) is 4. The second kappa shape index (κ2) is 6.05. The summed E-state index contributed by atoms with van der Waals surface area (Å²) >= 11 is 0. The van der Waals surface area contributed by atoms with E-state index >= 15 is 0 Å². The van der Waals surface area contributed by atoms with Crippen molar-refractivity contribution in [3.63, 3.8) is 0 Å².